The summed E-state index contributed by atoms with van der Waals surface area (Å²) >= 11 is 12.2. The van der Waals surface area contributed by atoms with Crippen molar-refractivity contribution in [3.05, 3.63) is 58.1 Å². The molecule has 1 fully saturated rings. The Morgan fingerprint density at radius 1 is 1.23 bits per heavy atom. The average Bonchev–Trinajstić information content (AvgIpc) is 3.02. The molecule has 7 heteroatoms. The third-order valence-electron chi connectivity index (χ3n) is 4.35. The second kappa shape index (κ2) is 7.98. The van der Waals surface area contributed by atoms with Crippen LogP contribution in [0.15, 0.2) is 42.5 Å². The largest absolute Gasteiger partial charge is 0.495 e. The molecular weight excluding hydrogens is 375 g/mol. The maximum Gasteiger partial charge on any atom is 0.227 e. The molecule has 26 heavy (non-hydrogen) atoms. The first-order valence-corrected chi connectivity index (χ1v) is 8.90. The number of nitrogens with zero attached hydrogens (tertiary/aromatic N) is 1. The van der Waals surface area contributed by atoms with Crippen LogP contribution in [-0.2, 0) is 16.1 Å². The quantitative estimate of drug-likeness (QED) is 0.844. The van der Waals surface area contributed by atoms with E-state index in [1.807, 2.05) is 18.2 Å². The van der Waals surface area contributed by atoms with Crippen molar-refractivity contribution in [3.63, 3.8) is 0 Å². The highest BCUT2D eigenvalue weighted by Gasteiger charge is 2.35. The van der Waals surface area contributed by atoms with Crippen LogP contribution in [0, 0.1) is 5.92 Å². The molecule has 1 N–H and O–H groups in total. The van der Waals surface area contributed by atoms with Gasteiger partial charge in [0.15, 0.2) is 0 Å². The lowest BCUT2D eigenvalue weighted by atomic mass is 10.1. The van der Waals surface area contributed by atoms with Gasteiger partial charge in [-0.1, -0.05) is 41.4 Å². The summed E-state index contributed by atoms with van der Waals surface area (Å²) in [4.78, 5) is 26.3. The van der Waals surface area contributed by atoms with E-state index >= 15 is 0 Å². The van der Waals surface area contributed by atoms with Crippen LogP contribution in [0.25, 0.3) is 0 Å². The van der Waals surface area contributed by atoms with Gasteiger partial charge in [0.2, 0.25) is 11.8 Å². The number of carbonyl (C=O) groups excluding carboxylic acids is 2. The van der Waals surface area contributed by atoms with Crippen molar-refractivity contribution in [1.82, 2.24) is 5.32 Å². The number of benzene rings is 2. The number of nitrogens with one attached hydrogen (secondary N) is 1. The van der Waals surface area contributed by atoms with Gasteiger partial charge in [0.25, 0.3) is 0 Å². The molecule has 0 bridgehead atoms. The summed E-state index contributed by atoms with van der Waals surface area (Å²) in [6.07, 6.45) is 0.165. The van der Waals surface area contributed by atoms with E-state index < -0.39 is 5.92 Å². The Kier molecular flexibility index (Phi) is 5.69. The number of rotatable bonds is 5. The van der Waals surface area contributed by atoms with Crippen molar-refractivity contribution >= 4 is 40.7 Å². The normalized spacial score (nSPS) is 16.7. The van der Waals surface area contributed by atoms with Gasteiger partial charge in [0.1, 0.15) is 5.75 Å². The number of methoxy groups -OCH3 is 1. The molecule has 0 aliphatic carbocycles. The van der Waals surface area contributed by atoms with E-state index in [0.717, 1.165) is 5.56 Å². The maximum absolute atomic E-state index is 12.4. The van der Waals surface area contributed by atoms with Crippen LogP contribution in [0.5, 0.6) is 5.75 Å². The Morgan fingerprint density at radius 2 is 2.00 bits per heavy atom. The highest BCUT2D eigenvalue weighted by atomic mass is 35.5. The second-order valence-corrected chi connectivity index (χ2v) is 6.85. The molecule has 0 spiro atoms. The first kappa shape index (κ1) is 18.5. The van der Waals surface area contributed by atoms with E-state index in [-0.39, 0.29) is 18.2 Å². The predicted molar refractivity (Wildman–Crippen MR) is 102 cm³/mol. The Labute approximate surface area is 161 Å². The molecule has 1 heterocycles. The molecule has 1 aliphatic rings. The minimum atomic E-state index is -0.411. The van der Waals surface area contributed by atoms with Crippen molar-refractivity contribution in [1.29, 1.82) is 0 Å². The second-order valence-electron chi connectivity index (χ2n) is 6.03. The fourth-order valence-corrected chi connectivity index (χ4v) is 3.38. The van der Waals surface area contributed by atoms with Crippen LogP contribution in [0.3, 0.4) is 0 Å². The smallest absolute Gasteiger partial charge is 0.227 e. The van der Waals surface area contributed by atoms with Crippen molar-refractivity contribution in [2.45, 2.75) is 13.0 Å². The summed E-state index contributed by atoms with van der Waals surface area (Å²) in [5, 5.41) is 3.88. The standard InChI is InChI=1S/C19H18Cl2N2O3/c1-26-17-7-6-14(9-16(17)21)23-11-13(8-18(23)24)19(25)22-10-12-4-2-3-5-15(12)20/h2-7,9,13H,8,10-11H2,1H3,(H,22,25). The third kappa shape index (κ3) is 3.94. The molecule has 0 radical (unpaired) electrons. The van der Waals surface area contributed by atoms with Gasteiger partial charge in [0, 0.05) is 30.2 Å². The minimum Gasteiger partial charge on any atom is -0.495 e. The van der Waals surface area contributed by atoms with E-state index in [2.05, 4.69) is 5.32 Å². The zero-order chi connectivity index (χ0) is 18.7. The average molecular weight is 393 g/mol. The Morgan fingerprint density at radius 3 is 2.69 bits per heavy atom. The molecule has 0 saturated carbocycles. The van der Waals surface area contributed by atoms with Crippen LogP contribution in [0.2, 0.25) is 10.0 Å². The lowest BCUT2D eigenvalue weighted by Gasteiger charge is -2.18. The molecule has 3 rings (SSSR count). The molecule has 2 amide bonds. The minimum absolute atomic E-state index is 0.107. The van der Waals surface area contributed by atoms with Crippen LogP contribution in [-0.4, -0.2) is 25.5 Å². The summed E-state index contributed by atoms with van der Waals surface area (Å²) in [5.74, 6) is -0.147. The van der Waals surface area contributed by atoms with Crippen molar-refractivity contribution in [2.24, 2.45) is 5.92 Å². The van der Waals surface area contributed by atoms with Crippen molar-refractivity contribution < 1.29 is 14.3 Å². The fraction of sp³-hybridized carbons (Fsp3) is 0.263. The van der Waals surface area contributed by atoms with Crippen LogP contribution < -0.4 is 15.0 Å². The summed E-state index contributed by atoms with van der Waals surface area (Å²) in [6, 6.07) is 12.5. The number of amides is 2. The molecule has 1 saturated heterocycles. The van der Waals surface area contributed by atoms with E-state index in [4.69, 9.17) is 27.9 Å². The third-order valence-corrected chi connectivity index (χ3v) is 5.02. The highest BCUT2D eigenvalue weighted by molar-refractivity contribution is 6.32. The monoisotopic (exact) mass is 392 g/mol. The summed E-state index contributed by atoms with van der Waals surface area (Å²) in [5.41, 5.74) is 1.49. The first-order valence-electron chi connectivity index (χ1n) is 8.14. The molecule has 1 atom stereocenters. The Bertz CT molecular complexity index is 841. The van der Waals surface area contributed by atoms with E-state index in [0.29, 0.717) is 34.6 Å². The fourth-order valence-electron chi connectivity index (χ4n) is 2.92. The predicted octanol–water partition coefficient (Wildman–Crippen LogP) is 3.67. The molecule has 1 unspecified atom stereocenters. The van der Waals surface area contributed by atoms with Crippen LogP contribution >= 0.6 is 23.2 Å². The van der Waals surface area contributed by atoms with E-state index in [9.17, 15) is 9.59 Å². The molecule has 5 nitrogen and oxygen atoms in total. The molecule has 136 valence electrons. The highest BCUT2D eigenvalue weighted by Crippen LogP contribution is 2.32. The number of halogens is 2. The van der Waals surface area contributed by atoms with Gasteiger partial charge in [0.05, 0.1) is 18.1 Å². The van der Waals surface area contributed by atoms with Gasteiger partial charge in [-0.15, -0.1) is 0 Å². The van der Waals surface area contributed by atoms with Crippen LogP contribution in [0.4, 0.5) is 5.69 Å². The molecule has 1 aliphatic heterocycles. The zero-order valence-electron chi connectivity index (χ0n) is 14.2. The number of anilines is 1. The number of hydrogen-bond donors (Lipinski definition) is 1. The number of carbonyl (C=O) groups is 2. The topological polar surface area (TPSA) is 58.6 Å². The summed E-state index contributed by atoms with van der Waals surface area (Å²) in [6.45, 7) is 0.646. The lowest BCUT2D eigenvalue weighted by molar-refractivity contribution is -0.126. The Hall–Kier alpha value is -2.24. The molecule has 0 aromatic heterocycles. The van der Waals surface area contributed by atoms with Crippen molar-refractivity contribution in [2.75, 3.05) is 18.6 Å². The summed E-state index contributed by atoms with van der Waals surface area (Å²) < 4.78 is 5.12. The van der Waals surface area contributed by atoms with Gasteiger partial charge < -0.3 is 15.0 Å². The summed E-state index contributed by atoms with van der Waals surface area (Å²) in [7, 11) is 1.53. The van der Waals surface area contributed by atoms with E-state index in [1.54, 1.807) is 29.2 Å². The van der Waals surface area contributed by atoms with Crippen LogP contribution in [0.1, 0.15) is 12.0 Å². The molecule has 2 aromatic rings. The number of hydrogen-bond acceptors (Lipinski definition) is 3. The van der Waals surface area contributed by atoms with Crippen molar-refractivity contribution in [3.8, 4) is 5.75 Å². The van der Waals surface area contributed by atoms with Gasteiger partial charge in [-0.3, -0.25) is 9.59 Å². The molecule has 2 aromatic carbocycles. The SMILES string of the molecule is COc1ccc(N2CC(C(=O)NCc3ccccc3Cl)CC2=O)cc1Cl. The number of ether oxygens (including phenoxy) is 1. The van der Waals surface area contributed by atoms with Gasteiger partial charge in [-0.25, -0.2) is 0 Å². The zero-order valence-corrected chi connectivity index (χ0v) is 15.7. The Balaban J connectivity index is 1.64. The van der Waals surface area contributed by atoms with E-state index in [1.165, 1.54) is 7.11 Å². The lowest BCUT2D eigenvalue weighted by Crippen LogP contribution is -2.32. The van der Waals surface area contributed by atoms with Gasteiger partial charge in [-0.05, 0) is 29.8 Å². The molecular formula is C19H18Cl2N2O3. The maximum atomic E-state index is 12.4. The van der Waals surface area contributed by atoms with Gasteiger partial charge in [-0.2, -0.15) is 0 Å². The van der Waals surface area contributed by atoms with Gasteiger partial charge >= 0.3 is 0 Å². The first-order chi connectivity index (χ1) is 12.5.